The van der Waals surface area contributed by atoms with Gasteiger partial charge >= 0.3 is 0 Å². The number of ketones is 1. The Morgan fingerprint density at radius 3 is 2.70 bits per heavy atom. The summed E-state index contributed by atoms with van der Waals surface area (Å²) in [5, 5.41) is 9.95. The standard InChI is InChI=1S/C24H29N5O/c1-28-23(16-29-7-3-2-4-8-29)22(15-27-28)17-5-6-18-14-26-21(10-19(18)9-17)11-24(30)20-12-25-13-20/h5-6,9-10,14-15,20,25H,2-4,7-8,11-13,16H2,1H3. The number of benzene rings is 1. The quantitative estimate of drug-likeness (QED) is 0.686. The summed E-state index contributed by atoms with van der Waals surface area (Å²) in [7, 11) is 2.03. The van der Waals surface area contributed by atoms with Crippen molar-refractivity contribution in [2.24, 2.45) is 13.0 Å². The molecule has 0 aliphatic carbocycles. The van der Waals surface area contributed by atoms with Crippen molar-refractivity contribution in [3.63, 3.8) is 0 Å². The van der Waals surface area contributed by atoms with Crippen LogP contribution in [0, 0.1) is 5.92 Å². The highest BCUT2D eigenvalue weighted by atomic mass is 16.1. The molecule has 1 N–H and O–H groups in total. The molecule has 0 atom stereocenters. The van der Waals surface area contributed by atoms with Gasteiger partial charge in [0.1, 0.15) is 5.78 Å². The van der Waals surface area contributed by atoms with E-state index in [0.717, 1.165) is 36.1 Å². The summed E-state index contributed by atoms with van der Waals surface area (Å²) >= 11 is 0. The molecule has 156 valence electrons. The lowest BCUT2D eigenvalue weighted by atomic mass is 9.94. The first-order valence-corrected chi connectivity index (χ1v) is 11.0. The molecule has 4 heterocycles. The van der Waals surface area contributed by atoms with E-state index in [2.05, 4.69) is 44.6 Å². The minimum Gasteiger partial charge on any atom is -0.315 e. The number of pyridine rings is 1. The average Bonchev–Trinajstić information content (AvgIpc) is 3.07. The van der Waals surface area contributed by atoms with E-state index >= 15 is 0 Å². The molecule has 30 heavy (non-hydrogen) atoms. The third-order valence-electron chi connectivity index (χ3n) is 6.57. The van der Waals surface area contributed by atoms with Crippen molar-refractivity contribution >= 4 is 16.6 Å². The summed E-state index contributed by atoms with van der Waals surface area (Å²) < 4.78 is 2.01. The summed E-state index contributed by atoms with van der Waals surface area (Å²) in [6, 6.07) is 8.57. The number of aromatic nitrogens is 3. The van der Waals surface area contributed by atoms with Crippen LogP contribution < -0.4 is 5.32 Å². The van der Waals surface area contributed by atoms with Crippen LogP contribution in [0.15, 0.2) is 36.7 Å². The molecule has 0 radical (unpaired) electrons. The predicted molar refractivity (Wildman–Crippen MR) is 118 cm³/mol. The molecule has 6 nitrogen and oxygen atoms in total. The first kappa shape index (κ1) is 19.4. The van der Waals surface area contributed by atoms with Gasteiger partial charge < -0.3 is 5.32 Å². The van der Waals surface area contributed by atoms with Gasteiger partial charge in [-0.2, -0.15) is 5.10 Å². The first-order valence-electron chi connectivity index (χ1n) is 11.0. The van der Waals surface area contributed by atoms with E-state index in [-0.39, 0.29) is 11.7 Å². The summed E-state index contributed by atoms with van der Waals surface area (Å²) in [4.78, 5) is 19.4. The fourth-order valence-corrected chi connectivity index (χ4v) is 4.51. The highest BCUT2D eigenvalue weighted by Gasteiger charge is 2.25. The number of carbonyl (C=O) groups is 1. The minimum absolute atomic E-state index is 0.154. The lowest BCUT2D eigenvalue weighted by Crippen LogP contribution is -2.47. The van der Waals surface area contributed by atoms with Gasteiger partial charge in [0.05, 0.1) is 11.9 Å². The third-order valence-corrected chi connectivity index (χ3v) is 6.57. The number of hydrogen-bond donors (Lipinski definition) is 1. The van der Waals surface area contributed by atoms with Gasteiger partial charge in [-0.05, 0) is 49.0 Å². The number of hydrogen-bond acceptors (Lipinski definition) is 5. The molecule has 2 fully saturated rings. The van der Waals surface area contributed by atoms with Gasteiger partial charge in [0.25, 0.3) is 0 Å². The number of likely N-dealkylation sites (tertiary alicyclic amines) is 1. The number of carbonyl (C=O) groups excluding carboxylic acids is 1. The number of rotatable bonds is 6. The highest BCUT2D eigenvalue weighted by molar-refractivity contribution is 5.89. The second-order valence-corrected chi connectivity index (χ2v) is 8.70. The molecule has 0 amide bonds. The number of piperidine rings is 1. The van der Waals surface area contributed by atoms with Crippen molar-refractivity contribution in [1.29, 1.82) is 0 Å². The lowest BCUT2D eigenvalue weighted by molar-refractivity contribution is -0.123. The van der Waals surface area contributed by atoms with E-state index in [0.29, 0.717) is 6.42 Å². The molecule has 5 rings (SSSR count). The van der Waals surface area contributed by atoms with Gasteiger partial charge in [-0.25, -0.2) is 0 Å². The van der Waals surface area contributed by atoms with Crippen molar-refractivity contribution < 1.29 is 4.79 Å². The second kappa shape index (κ2) is 8.28. The Balaban J connectivity index is 1.42. The summed E-state index contributed by atoms with van der Waals surface area (Å²) in [5.74, 6) is 0.439. The molecule has 3 aromatic rings. The van der Waals surface area contributed by atoms with Crippen LogP contribution in [-0.2, 0) is 24.8 Å². The van der Waals surface area contributed by atoms with Crippen LogP contribution in [0.1, 0.15) is 30.7 Å². The molecule has 6 heteroatoms. The van der Waals surface area contributed by atoms with Crippen molar-refractivity contribution in [3.8, 4) is 11.1 Å². The van der Waals surface area contributed by atoms with E-state index in [4.69, 9.17) is 0 Å². The molecule has 0 saturated carbocycles. The predicted octanol–water partition coefficient (Wildman–Crippen LogP) is 2.95. The molecule has 1 aromatic carbocycles. The smallest absolute Gasteiger partial charge is 0.144 e. The van der Waals surface area contributed by atoms with Gasteiger partial charge in [-0.3, -0.25) is 19.4 Å². The Labute approximate surface area is 177 Å². The van der Waals surface area contributed by atoms with Gasteiger partial charge in [-0.1, -0.05) is 18.6 Å². The Hall–Kier alpha value is -2.57. The molecule has 2 aromatic heterocycles. The van der Waals surface area contributed by atoms with E-state index in [1.54, 1.807) is 0 Å². The Morgan fingerprint density at radius 1 is 1.10 bits per heavy atom. The number of nitrogens with one attached hydrogen (secondary N) is 1. The van der Waals surface area contributed by atoms with Crippen molar-refractivity contribution in [1.82, 2.24) is 25.0 Å². The van der Waals surface area contributed by atoms with E-state index in [9.17, 15) is 4.79 Å². The van der Waals surface area contributed by atoms with Gasteiger partial charge in [0.2, 0.25) is 0 Å². The van der Waals surface area contributed by atoms with Crippen molar-refractivity contribution in [3.05, 3.63) is 48.0 Å². The zero-order valence-electron chi connectivity index (χ0n) is 17.6. The van der Waals surface area contributed by atoms with E-state index in [1.165, 1.54) is 49.2 Å². The number of nitrogens with zero attached hydrogens (tertiary/aromatic N) is 4. The molecule has 0 bridgehead atoms. The van der Waals surface area contributed by atoms with Crippen LogP contribution in [0.2, 0.25) is 0 Å². The van der Waals surface area contributed by atoms with Crippen LogP contribution in [-0.4, -0.2) is 51.6 Å². The van der Waals surface area contributed by atoms with Crippen LogP contribution in [0.3, 0.4) is 0 Å². The monoisotopic (exact) mass is 403 g/mol. The Kier molecular flexibility index (Phi) is 5.35. The number of Topliss-reactive ketones (excluding diaryl/α,β-unsaturated/α-hetero) is 1. The fourth-order valence-electron chi connectivity index (χ4n) is 4.51. The second-order valence-electron chi connectivity index (χ2n) is 8.70. The van der Waals surface area contributed by atoms with Gasteiger partial charge in [-0.15, -0.1) is 0 Å². The molecule has 2 aliphatic heterocycles. The molecule has 0 unspecified atom stereocenters. The molecule has 2 saturated heterocycles. The van der Waals surface area contributed by atoms with Gasteiger partial charge in [0.15, 0.2) is 0 Å². The Bertz CT molecular complexity index is 1060. The maximum atomic E-state index is 12.4. The average molecular weight is 404 g/mol. The highest BCUT2D eigenvalue weighted by Crippen LogP contribution is 2.29. The summed E-state index contributed by atoms with van der Waals surface area (Å²) in [6.45, 7) is 4.88. The number of aryl methyl sites for hydroxylation is 1. The zero-order chi connectivity index (χ0) is 20.5. The molecule has 2 aliphatic rings. The van der Waals surface area contributed by atoms with E-state index < -0.39 is 0 Å². The summed E-state index contributed by atoms with van der Waals surface area (Å²) in [6.07, 6.45) is 8.20. The maximum Gasteiger partial charge on any atom is 0.144 e. The van der Waals surface area contributed by atoms with Crippen LogP contribution in [0.25, 0.3) is 21.9 Å². The van der Waals surface area contributed by atoms with Crippen LogP contribution >= 0.6 is 0 Å². The molecule has 0 spiro atoms. The lowest BCUT2D eigenvalue weighted by Gasteiger charge is -2.26. The van der Waals surface area contributed by atoms with Crippen LogP contribution in [0.4, 0.5) is 0 Å². The topological polar surface area (TPSA) is 63.1 Å². The minimum atomic E-state index is 0.154. The third kappa shape index (κ3) is 3.89. The molecular weight excluding hydrogens is 374 g/mol. The van der Waals surface area contributed by atoms with Crippen molar-refractivity contribution in [2.75, 3.05) is 26.2 Å². The first-order chi connectivity index (χ1) is 14.7. The van der Waals surface area contributed by atoms with Gasteiger partial charge in [0, 0.05) is 61.9 Å². The Morgan fingerprint density at radius 2 is 1.93 bits per heavy atom. The fraction of sp³-hybridized carbons (Fsp3) is 0.458. The number of fused-ring (bicyclic) bond motifs is 1. The largest absolute Gasteiger partial charge is 0.315 e. The van der Waals surface area contributed by atoms with Crippen LogP contribution in [0.5, 0.6) is 0 Å². The van der Waals surface area contributed by atoms with Crippen molar-refractivity contribution in [2.45, 2.75) is 32.2 Å². The molecular formula is C24H29N5O. The van der Waals surface area contributed by atoms with E-state index in [1.807, 2.05) is 24.1 Å². The normalized spacial score (nSPS) is 17.9. The summed E-state index contributed by atoms with van der Waals surface area (Å²) in [5.41, 5.74) is 4.49. The maximum absolute atomic E-state index is 12.4. The SMILES string of the molecule is Cn1ncc(-c2ccc3cnc(CC(=O)C4CNC4)cc3c2)c1CN1CCCCC1. The zero-order valence-corrected chi connectivity index (χ0v) is 17.6.